The first-order chi connectivity index (χ1) is 8.11. The highest BCUT2D eigenvalue weighted by Gasteiger charge is 2.39. The van der Waals surface area contributed by atoms with Gasteiger partial charge in [0.05, 0.1) is 19.1 Å². The number of hydrogen-bond donors (Lipinski definition) is 2. The maximum absolute atomic E-state index is 12.3. The van der Waals surface area contributed by atoms with Crippen molar-refractivity contribution in [3.63, 3.8) is 0 Å². The number of amides is 1. The van der Waals surface area contributed by atoms with Gasteiger partial charge in [0.2, 0.25) is 5.91 Å². The lowest BCUT2D eigenvalue weighted by molar-refractivity contribution is -0.160. The fraction of sp³-hybridized carbons (Fsp3) is 0.818. The summed E-state index contributed by atoms with van der Waals surface area (Å²) in [5.41, 5.74) is 0. The summed E-state index contributed by atoms with van der Waals surface area (Å²) in [5.74, 6) is -1.15. The van der Waals surface area contributed by atoms with Crippen molar-refractivity contribution >= 4 is 11.9 Å². The third-order valence-corrected chi connectivity index (χ3v) is 3.54. The Kier molecular flexibility index (Phi) is 3.63. The summed E-state index contributed by atoms with van der Waals surface area (Å²) in [7, 11) is 0. The average Bonchev–Trinajstić information content (AvgIpc) is 2.74. The van der Waals surface area contributed by atoms with Crippen molar-refractivity contribution in [3.8, 4) is 0 Å². The molecule has 2 saturated heterocycles. The maximum atomic E-state index is 12.3. The van der Waals surface area contributed by atoms with Crippen LogP contribution in [0.1, 0.15) is 13.3 Å². The topological polar surface area (TPSA) is 78.9 Å². The molecular formula is C11H18N2O4. The lowest BCUT2D eigenvalue weighted by atomic mass is 9.99. The smallest absolute Gasteiger partial charge is 0.328 e. The molecule has 2 rings (SSSR count). The number of aliphatic carboxylic acids is 1. The van der Waals surface area contributed by atoms with Crippen LogP contribution in [0.25, 0.3) is 0 Å². The predicted octanol–water partition coefficient (Wildman–Crippen LogP) is -0.704. The Bertz CT molecular complexity index is 321. The highest BCUT2D eigenvalue weighted by molar-refractivity contribution is 5.86. The molecule has 0 aliphatic carbocycles. The molecule has 6 nitrogen and oxygen atoms in total. The van der Waals surface area contributed by atoms with E-state index >= 15 is 0 Å². The second-order valence-corrected chi connectivity index (χ2v) is 4.60. The Labute approximate surface area is 99.9 Å². The van der Waals surface area contributed by atoms with Crippen LogP contribution in [0, 0.1) is 5.92 Å². The lowest BCUT2D eigenvalue weighted by Gasteiger charge is -2.35. The fourth-order valence-corrected chi connectivity index (χ4v) is 2.48. The van der Waals surface area contributed by atoms with Crippen LogP contribution in [-0.2, 0) is 14.3 Å². The van der Waals surface area contributed by atoms with Crippen LogP contribution >= 0.6 is 0 Å². The standard InChI is InChI=1S/C11H18N2O4/c1-7-8(2-3-12-7)10(14)13-4-5-17-6-9(13)11(15)16/h7-9,12H,2-6H2,1H3,(H,15,16). The minimum absolute atomic E-state index is 0.0572. The summed E-state index contributed by atoms with van der Waals surface area (Å²) in [6.45, 7) is 3.67. The Morgan fingerprint density at radius 1 is 1.47 bits per heavy atom. The van der Waals surface area contributed by atoms with Crippen LogP contribution in [0.4, 0.5) is 0 Å². The SMILES string of the molecule is CC1NCCC1C(=O)N1CCOCC1C(=O)O. The van der Waals surface area contributed by atoms with Gasteiger partial charge in [0.25, 0.3) is 0 Å². The number of carboxylic acid groups (broad SMARTS) is 1. The number of morpholine rings is 1. The van der Waals surface area contributed by atoms with Gasteiger partial charge in [-0.3, -0.25) is 4.79 Å². The van der Waals surface area contributed by atoms with Gasteiger partial charge in [-0.1, -0.05) is 0 Å². The number of ether oxygens (including phenoxy) is 1. The molecule has 6 heteroatoms. The minimum Gasteiger partial charge on any atom is -0.480 e. The van der Waals surface area contributed by atoms with Crippen molar-refractivity contribution < 1.29 is 19.4 Å². The first kappa shape index (κ1) is 12.3. The minimum atomic E-state index is -0.989. The molecule has 0 saturated carbocycles. The van der Waals surface area contributed by atoms with Gasteiger partial charge in [-0.2, -0.15) is 0 Å². The quantitative estimate of drug-likeness (QED) is 0.669. The Hall–Kier alpha value is -1.14. The molecular weight excluding hydrogens is 224 g/mol. The summed E-state index contributed by atoms with van der Waals surface area (Å²) in [6.07, 6.45) is 0.781. The van der Waals surface area contributed by atoms with Gasteiger partial charge in [0.1, 0.15) is 0 Å². The van der Waals surface area contributed by atoms with E-state index in [1.165, 1.54) is 4.90 Å². The van der Waals surface area contributed by atoms with Gasteiger partial charge in [-0.25, -0.2) is 4.79 Å². The number of carboxylic acids is 1. The number of nitrogens with zero attached hydrogens (tertiary/aromatic N) is 1. The zero-order valence-corrected chi connectivity index (χ0v) is 9.89. The monoisotopic (exact) mass is 242 g/mol. The number of hydrogen-bond acceptors (Lipinski definition) is 4. The normalized spacial score (nSPS) is 33.7. The molecule has 2 aliphatic rings. The highest BCUT2D eigenvalue weighted by atomic mass is 16.5. The van der Waals surface area contributed by atoms with Crippen LogP contribution in [0.15, 0.2) is 0 Å². The molecule has 1 amide bonds. The second-order valence-electron chi connectivity index (χ2n) is 4.60. The zero-order valence-electron chi connectivity index (χ0n) is 9.89. The molecule has 2 fully saturated rings. The molecule has 0 aromatic heterocycles. The van der Waals surface area contributed by atoms with Gasteiger partial charge in [0, 0.05) is 12.6 Å². The largest absolute Gasteiger partial charge is 0.480 e. The lowest BCUT2D eigenvalue weighted by Crippen LogP contribution is -2.55. The average molecular weight is 242 g/mol. The molecule has 96 valence electrons. The van der Waals surface area contributed by atoms with Crippen LogP contribution in [0.5, 0.6) is 0 Å². The molecule has 3 unspecified atom stereocenters. The van der Waals surface area contributed by atoms with Crippen LogP contribution in [0.2, 0.25) is 0 Å². The molecule has 0 radical (unpaired) electrons. The summed E-state index contributed by atoms with van der Waals surface area (Å²) in [5, 5.41) is 12.3. The van der Waals surface area contributed by atoms with E-state index in [0.29, 0.717) is 13.2 Å². The summed E-state index contributed by atoms with van der Waals surface area (Å²) < 4.78 is 5.12. The van der Waals surface area contributed by atoms with E-state index in [-0.39, 0.29) is 24.5 Å². The van der Waals surface area contributed by atoms with E-state index < -0.39 is 12.0 Å². The van der Waals surface area contributed by atoms with E-state index in [9.17, 15) is 9.59 Å². The van der Waals surface area contributed by atoms with E-state index in [2.05, 4.69) is 5.32 Å². The fourth-order valence-electron chi connectivity index (χ4n) is 2.48. The third-order valence-electron chi connectivity index (χ3n) is 3.54. The molecule has 2 heterocycles. The van der Waals surface area contributed by atoms with E-state index in [1.54, 1.807) is 0 Å². The van der Waals surface area contributed by atoms with Gasteiger partial charge >= 0.3 is 5.97 Å². The Balaban J connectivity index is 2.08. The summed E-state index contributed by atoms with van der Waals surface area (Å²) >= 11 is 0. The van der Waals surface area contributed by atoms with Crippen molar-refractivity contribution in [2.75, 3.05) is 26.3 Å². The van der Waals surface area contributed by atoms with Crippen molar-refractivity contribution in [1.29, 1.82) is 0 Å². The molecule has 0 spiro atoms. The molecule has 3 atom stereocenters. The van der Waals surface area contributed by atoms with Crippen molar-refractivity contribution in [1.82, 2.24) is 10.2 Å². The third kappa shape index (κ3) is 2.42. The Morgan fingerprint density at radius 3 is 2.82 bits per heavy atom. The van der Waals surface area contributed by atoms with Gasteiger partial charge < -0.3 is 20.1 Å². The Morgan fingerprint density at radius 2 is 2.24 bits per heavy atom. The molecule has 2 aliphatic heterocycles. The highest BCUT2D eigenvalue weighted by Crippen LogP contribution is 2.20. The second kappa shape index (κ2) is 5.01. The molecule has 0 aromatic carbocycles. The van der Waals surface area contributed by atoms with Crippen LogP contribution in [0.3, 0.4) is 0 Å². The number of nitrogens with one attached hydrogen (secondary N) is 1. The van der Waals surface area contributed by atoms with Crippen molar-refractivity contribution in [2.24, 2.45) is 5.92 Å². The van der Waals surface area contributed by atoms with Crippen molar-refractivity contribution in [2.45, 2.75) is 25.4 Å². The number of carbonyl (C=O) groups is 2. The zero-order chi connectivity index (χ0) is 12.4. The first-order valence-corrected chi connectivity index (χ1v) is 5.95. The molecule has 17 heavy (non-hydrogen) atoms. The predicted molar refractivity (Wildman–Crippen MR) is 59.5 cm³/mol. The van der Waals surface area contributed by atoms with Gasteiger partial charge in [-0.15, -0.1) is 0 Å². The summed E-state index contributed by atoms with van der Waals surface area (Å²) in [6, 6.07) is -0.705. The molecule has 0 bridgehead atoms. The number of rotatable bonds is 2. The van der Waals surface area contributed by atoms with Gasteiger partial charge in [-0.05, 0) is 19.9 Å². The van der Waals surface area contributed by atoms with E-state index in [1.807, 2.05) is 6.92 Å². The molecule has 0 aromatic rings. The number of carbonyl (C=O) groups excluding carboxylic acids is 1. The van der Waals surface area contributed by atoms with Crippen LogP contribution < -0.4 is 5.32 Å². The maximum Gasteiger partial charge on any atom is 0.328 e. The van der Waals surface area contributed by atoms with E-state index in [4.69, 9.17) is 9.84 Å². The first-order valence-electron chi connectivity index (χ1n) is 5.95. The molecule has 2 N–H and O–H groups in total. The van der Waals surface area contributed by atoms with Crippen molar-refractivity contribution in [3.05, 3.63) is 0 Å². The van der Waals surface area contributed by atoms with E-state index in [0.717, 1.165) is 13.0 Å². The summed E-state index contributed by atoms with van der Waals surface area (Å²) in [4.78, 5) is 24.8. The van der Waals surface area contributed by atoms with Gasteiger partial charge in [0.15, 0.2) is 6.04 Å². The van der Waals surface area contributed by atoms with Crippen LogP contribution in [-0.4, -0.2) is 60.3 Å².